The summed E-state index contributed by atoms with van der Waals surface area (Å²) >= 11 is 0. The topological polar surface area (TPSA) is 38.5 Å². The molecule has 3 nitrogen and oxygen atoms in total. The van der Waals surface area contributed by atoms with E-state index in [1.165, 1.54) is 16.7 Å². The smallest absolute Gasteiger partial charge is 0.122 e. The lowest BCUT2D eigenvalue weighted by molar-refractivity contribution is 0.259. The van der Waals surface area contributed by atoms with Crippen molar-refractivity contribution in [2.45, 2.75) is 39.3 Å². The van der Waals surface area contributed by atoms with Crippen LogP contribution in [0, 0.1) is 13.8 Å². The molecule has 1 aliphatic heterocycles. The molecule has 1 saturated heterocycles. The number of rotatable bonds is 3. The zero-order chi connectivity index (χ0) is 13.3. The first-order valence-electron chi connectivity index (χ1n) is 6.68. The summed E-state index contributed by atoms with van der Waals surface area (Å²) in [6, 6.07) is 5.04. The fraction of sp³-hybridized carbons (Fsp3) is 0.600. The predicted molar refractivity (Wildman–Crippen MR) is 75.0 cm³/mol. The lowest BCUT2D eigenvalue weighted by Crippen LogP contribution is -2.29. The van der Waals surface area contributed by atoms with E-state index in [0.29, 0.717) is 12.1 Å². The number of nitrogens with two attached hydrogens (primary N) is 1. The number of nitrogens with zero attached hydrogens (tertiary/aromatic N) is 1. The van der Waals surface area contributed by atoms with E-state index in [0.717, 1.165) is 25.3 Å². The molecule has 0 spiro atoms. The number of methoxy groups -OCH3 is 1. The Hall–Kier alpha value is -1.06. The molecule has 2 rings (SSSR count). The Morgan fingerprint density at radius 2 is 2.06 bits per heavy atom. The van der Waals surface area contributed by atoms with E-state index in [1.54, 1.807) is 7.11 Å². The molecule has 0 saturated carbocycles. The van der Waals surface area contributed by atoms with E-state index in [9.17, 15) is 0 Å². The average Bonchev–Trinajstić information content (AvgIpc) is 2.78. The first-order valence-corrected chi connectivity index (χ1v) is 6.68. The van der Waals surface area contributed by atoms with Crippen molar-refractivity contribution < 1.29 is 4.74 Å². The highest BCUT2D eigenvalue weighted by atomic mass is 16.5. The molecule has 1 unspecified atom stereocenters. The number of hydrogen-bond acceptors (Lipinski definition) is 3. The molecule has 0 amide bonds. The molecule has 1 fully saturated rings. The second kappa shape index (κ2) is 5.29. The summed E-state index contributed by atoms with van der Waals surface area (Å²) in [4.78, 5) is 2.47. The number of likely N-dealkylation sites (tertiary alicyclic amines) is 1. The molecule has 18 heavy (non-hydrogen) atoms. The van der Waals surface area contributed by atoms with E-state index < -0.39 is 0 Å². The van der Waals surface area contributed by atoms with Gasteiger partial charge in [0.25, 0.3) is 0 Å². The molecule has 0 aliphatic carbocycles. The van der Waals surface area contributed by atoms with Gasteiger partial charge in [0.1, 0.15) is 5.75 Å². The van der Waals surface area contributed by atoms with Crippen LogP contribution in [0.2, 0.25) is 0 Å². The summed E-state index contributed by atoms with van der Waals surface area (Å²) in [5.41, 5.74) is 9.96. The second-order valence-electron chi connectivity index (χ2n) is 5.33. The van der Waals surface area contributed by atoms with Crippen LogP contribution in [0.25, 0.3) is 0 Å². The van der Waals surface area contributed by atoms with E-state index in [2.05, 4.69) is 37.8 Å². The quantitative estimate of drug-likeness (QED) is 0.892. The lowest BCUT2D eigenvalue weighted by Gasteiger charge is -2.27. The fourth-order valence-corrected chi connectivity index (χ4v) is 2.85. The fourth-order valence-electron chi connectivity index (χ4n) is 2.85. The number of ether oxygens (including phenoxy) is 1. The summed E-state index contributed by atoms with van der Waals surface area (Å²) in [5.74, 6) is 0.974. The second-order valence-corrected chi connectivity index (χ2v) is 5.33. The first kappa shape index (κ1) is 13.4. The third-order valence-electron chi connectivity index (χ3n) is 4.25. The van der Waals surface area contributed by atoms with E-state index in [1.807, 2.05) is 0 Å². The van der Waals surface area contributed by atoms with Crippen LogP contribution in [0.15, 0.2) is 12.1 Å². The van der Waals surface area contributed by atoms with Crippen LogP contribution in [0.5, 0.6) is 5.75 Å². The maximum Gasteiger partial charge on any atom is 0.122 e. The van der Waals surface area contributed by atoms with Gasteiger partial charge in [0.05, 0.1) is 7.11 Å². The van der Waals surface area contributed by atoms with Gasteiger partial charge in [-0.1, -0.05) is 6.07 Å². The van der Waals surface area contributed by atoms with Gasteiger partial charge in [0, 0.05) is 25.2 Å². The Kier molecular flexibility index (Phi) is 3.93. The van der Waals surface area contributed by atoms with Crippen LogP contribution >= 0.6 is 0 Å². The summed E-state index contributed by atoms with van der Waals surface area (Å²) in [6.45, 7) is 8.69. The Labute approximate surface area is 110 Å². The molecule has 3 heteroatoms. The van der Waals surface area contributed by atoms with Crippen LogP contribution in [0.3, 0.4) is 0 Å². The SMILES string of the molecule is COc1ccc(C(C)N2CC[C@@H](N)C2)c(C)c1C. The molecule has 2 atom stereocenters. The van der Waals surface area contributed by atoms with Crippen LogP contribution in [0.1, 0.15) is 36.1 Å². The van der Waals surface area contributed by atoms with Crippen LogP contribution < -0.4 is 10.5 Å². The van der Waals surface area contributed by atoms with Gasteiger partial charge in [0.2, 0.25) is 0 Å². The molecule has 0 bridgehead atoms. The van der Waals surface area contributed by atoms with Crippen LogP contribution in [-0.2, 0) is 0 Å². The number of benzene rings is 1. The summed E-state index contributed by atoms with van der Waals surface area (Å²) in [5, 5.41) is 0. The van der Waals surface area contributed by atoms with Crippen molar-refractivity contribution in [1.82, 2.24) is 4.90 Å². The van der Waals surface area contributed by atoms with Gasteiger partial charge < -0.3 is 10.5 Å². The Balaban J connectivity index is 2.25. The molecule has 1 aromatic carbocycles. The predicted octanol–water partition coefficient (Wildman–Crippen LogP) is 2.41. The Bertz CT molecular complexity index is 431. The van der Waals surface area contributed by atoms with E-state index in [-0.39, 0.29) is 0 Å². The van der Waals surface area contributed by atoms with Gasteiger partial charge >= 0.3 is 0 Å². The lowest BCUT2D eigenvalue weighted by atomic mass is 9.97. The molecular formula is C15H24N2O. The van der Waals surface area contributed by atoms with Gasteiger partial charge in [-0.2, -0.15) is 0 Å². The minimum Gasteiger partial charge on any atom is -0.496 e. The molecule has 1 heterocycles. The minimum atomic E-state index is 0.340. The highest BCUT2D eigenvalue weighted by Crippen LogP contribution is 2.31. The van der Waals surface area contributed by atoms with Crippen molar-refractivity contribution >= 4 is 0 Å². The van der Waals surface area contributed by atoms with Crippen molar-refractivity contribution in [1.29, 1.82) is 0 Å². The summed E-state index contributed by atoms with van der Waals surface area (Å²) in [6.07, 6.45) is 1.11. The molecule has 1 aliphatic rings. The van der Waals surface area contributed by atoms with Crippen molar-refractivity contribution in [3.05, 3.63) is 28.8 Å². The van der Waals surface area contributed by atoms with Gasteiger partial charge in [-0.15, -0.1) is 0 Å². The normalized spacial score (nSPS) is 22.2. The van der Waals surface area contributed by atoms with Gasteiger partial charge in [-0.25, -0.2) is 0 Å². The van der Waals surface area contributed by atoms with Crippen LogP contribution in [0.4, 0.5) is 0 Å². The van der Waals surface area contributed by atoms with Crippen LogP contribution in [-0.4, -0.2) is 31.1 Å². The van der Waals surface area contributed by atoms with Gasteiger partial charge in [0.15, 0.2) is 0 Å². The molecule has 100 valence electrons. The highest BCUT2D eigenvalue weighted by molar-refractivity contribution is 5.44. The summed E-state index contributed by atoms with van der Waals surface area (Å²) < 4.78 is 5.37. The monoisotopic (exact) mass is 248 g/mol. The average molecular weight is 248 g/mol. The molecule has 1 aromatic rings. The van der Waals surface area contributed by atoms with E-state index >= 15 is 0 Å². The van der Waals surface area contributed by atoms with Crippen molar-refractivity contribution in [3.63, 3.8) is 0 Å². The molecule has 2 N–H and O–H groups in total. The van der Waals surface area contributed by atoms with E-state index in [4.69, 9.17) is 10.5 Å². The number of hydrogen-bond donors (Lipinski definition) is 1. The zero-order valence-electron chi connectivity index (χ0n) is 11.9. The molecule has 0 radical (unpaired) electrons. The van der Waals surface area contributed by atoms with Gasteiger partial charge in [-0.3, -0.25) is 4.90 Å². The molecule has 0 aromatic heterocycles. The minimum absolute atomic E-state index is 0.340. The van der Waals surface area contributed by atoms with Crippen molar-refractivity contribution in [3.8, 4) is 5.75 Å². The maximum absolute atomic E-state index is 5.99. The molecular weight excluding hydrogens is 224 g/mol. The zero-order valence-corrected chi connectivity index (χ0v) is 11.9. The third kappa shape index (κ3) is 2.38. The van der Waals surface area contributed by atoms with Crippen molar-refractivity contribution in [2.75, 3.05) is 20.2 Å². The third-order valence-corrected chi connectivity index (χ3v) is 4.25. The largest absolute Gasteiger partial charge is 0.496 e. The summed E-state index contributed by atoms with van der Waals surface area (Å²) in [7, 11) is 1.73. The maximum atomic E-state index is 5.99. The standard InChI is InChI=1S/C15H24N2O/c1-10-11(2)15(18-4)6-5-14(10)12(3)17-8-7-13(16)9-17/h5-6,12-13H,7-9,16H2,1-4H3/t12?,13-/m1/s1. The Morgan fingerprint density at radius 3 is 2.61 bits per heavy atom. The highest BCUT2D eigenvalue weighted by Gasteiger charge is 2.25. The van der Waals surface area contributed by atoms with Crippen molar-refractivity contribution in [2.24, 2.45) is 5.73 Å². The first-order chi connectivity index (χ1) is 8.54. The van der Waals surface area contributed by atoms with Gasteiger partial charge in [-0.05, 0) is 49.9 Å². The Morgan fingerprint density at radius 1 is 1.33 bits per heavy atom.